The molecular weight excluding hydrogens is 228 g/mol. The van der Waals surface area contributed by atoms with Crippen LogP contribution in [0.5, 0.6) is 0 Å². The highest BCUT2D eigenvalue weighted by atomic mass is 16.5. The Morgan fingerprint density at radius 2 is 2.06 bits per heavy atom. The fourth-order valence-electron chi connectivity index (χ4n) is 3.40. The quantitative estimate of drug-likeness (QED) is 0.798. The second-order valence-corrected chi connectivity index (χ2v) is 7.22. The van der Waals surface area contributed by atoms with E-state index in [1.807, 2.05) is 20.8 Å². The lowest BCUT2D eigenvalue weighted by Crippen LogP contribution is -2.66. The summed E-state index contributed by atoms with van der Waals surface area (Å²) in [5.41, 5.74) is -0.0178. The summed E-state index contributed by atoms with van der Waals surface area (Å²) in [4.78, 5) is 11.8. The molecule has 1 saturated heterocycles. The third-order valence-electron chi connectivity index (χ3n) is 4.10. The largest absolute Gasteiger partial charge is 0.377 e. The summed E-state index contributed by atoms with van der Waals surface area (Å²) in [6.07, 6.45) is 1.49. The molecule has 3 unspecified atom stereocenters. The molecule has 1 aliphatic heterocycles. The van der Waals surface area contributed by atoms with Gasteiger partial charge >= 0.3 is 0 Å². The van der Waals surface area contributed by atoms with E-state index in [4.69, 9.17) is 4.74 Å². The zero-order chi connectivity index (χ0) is 13.6. The van der Waals surface area contributed by atoms with Gasteiger partial charge in [-0.15, -0.1) is 0 Å². The summed E-state index contributed by atoms with van der Waals surface area (Å²) in [6.45, 7) is 11.7. The molecule has 0 aromatic heterocycles. The van der Waals surface area contributed by atoms with E-state index in [0.717, 1.165) is 13.0 Å². The average molecular weight is 254 g/mol. The van der Waals surface area contributed by atoms with E-state index in [2.05, 4.69) is 24.5 Å². The first-order valence-electron chi connectivity index (χ1n) is 6.88. The van der Waals surface area contributed by atoms with Gasteiger partial charge in [0.2, 0.25) is 5.91 Å². The highest BCUT2D eigenvalue weighted by Gasteiger charge is 2.59. The van der Waals surface area contributed by atoms with Crippen molar-refractivity contribution in [2.75, 3.05) is 13.2 Å². The SMILES string of the molecule is CC(C)(C)NC(=O)CNC1C2CCOC2C1(C)C. The number of nitrogens with one attached hydrogen (secondary N) is 2. The minimum Gasteiger partial charge on any atom is -0.377 e. The molecule has 3 atom stereocenters. The van der Waals surface area contributed by atoms with E-state index < -0.39 is 0 Å². The molecule has 2 aliphatic rings. The molecular formula is C14H26N2O2. The Kier molecular flexibility index (Phi) is 3.45. The minimum atomic E-state index is -0.160. The zero-order valence-electron chi connectivity index (χ0n) is 12.2. The summed E-state index contributed by atoms with van der Waals surface area (Å²) in [6, 6.07) is 0.399. The van der Waals surface area contributed by atoms with Crippen LogP contribution in [0.4, 0.5) is 0 Å². The van der Waals surface area contributed by atoms with E-state index in [1.165, 1.54) is 0 Å². The fourth-order valence-corrected chi connectivity index (χ4v) is 3.40. The van der Waals surface area contributed by atoms with Crippen molar-refractivity contribution in [2.45, 2.75) is 58.7 Å². The summed E-state index contributed by atoms with van der Waals surface area (Å²) in [5, 5.41) is 6.39. The van der Waals surface area contributed by atoms with Gasteiger partial charge < -0.3 is 15.4 Å². The third-order valence-corrected chi connectivity index (χ3v) is 4.10. The van der Waals surface area contributed by atoms with Crippen molar-refractivity contribution in [1.82, 2.24) is 10.6 Å². The number of rotatable bonds is 3. The molecule has 1 aliphatic carbocycles. The molecule has 2 rings (SSSR count). The van der Waals surface area contributed by atoms with Crippen molar-refractivity contribution in [2.24, 2.45) is 11.3 Å². The van der Waals surface area contributed by atoms with Crippen LogP contribution in [-0.4, -0.2) is 36.7 Å². The van der Waals surface area contributed by atoms with Crippen molar-refractivity contribution in [1.29, 1.82) is 0 Å². The highest BCUT2D eigenvalue weighted by molar-refractivity contribution is 5.78. The molecule has 0 aromatic carbocycles. The van der Waals surface area contributed by atoms with E-state index >= 15 is 0 Å². The van der Waals surface area contributed by atoms with Crippen molar-refractivity contribution >= 4 is 5.91 Å². The smallest absolute Gasteiger partial charge is 0.234 e. The first-order valence-corrected chi connectivity index (χ1v) is 6.88. The van der Waals surface area contributed by atoms with Gasteiger partial charge in [0, 0.05) is 29.5 Å². The monoisotopic (exact) mass is 254 g/mol. The van der Waals surface area contributed by atoms with Gasteiger partial charge in [0.25, 0.3) is 0 Å². The predicted molar refractivity (Wildman–Crippen MR) is 71.3 cm³/mol. The first-order chi connectivity index (χ1) is 8.22. The number of carbonyl (C=O) groups excluding carboxylic acids is 1. The maximum absolute atomic E-state index is 11.8. The zero-order valence-corrected chi connectivity index (χ0v) is 12.2. The number of amides is 1. The van der Waals surface area contributed by atoms with Crippen LogP contribution in [0.25, 0.3) is 0 Å². The Balaban J connectivity index is 1.82. The molecule has 4 nitrogen and oxygen atoms in total. The summed E-state index contributed by atoms with van der Waals surface area (Å²) in [5.74, 6) is 0.656. The second kappa shape index (κ2) is 4.49. The Hall–Kier alpha value is -0.610. The Labute approximate surface area is 110 Å². The summed E-state index contributed by atoms with van der Waals surface area (Å²) < 4.78 is 5.74. The van der Waals surface area contributed by atoms with Gasteiger partial charge in [-0.1, -0.05) is 13.8 Å². The van der Waals surface area contributed by atoms with Gasteiger partial charge in [-0.2, -0.15) is 0 Å². The van der Waals surface area contributed by atoms with E-state index in [-0.39, 0.29) is 16.9 Å². The standard InChI is InChI=1S/C14H26N2O2/c1-13(2,3)16-10(17)8-15-11-9-6-7-18-12(9)14(11,4)5/h9,11-12,15H,6-8H2,1-5H3,(H,16,17). The van der Waals surface area contributed by atoms with Gasteiger partial charge in [-0.25, -0.2) is 0 Å². The average Bonchev–Trinajstić information content (AvgIpc) is 2.61. The van der Waals surface area contributed by atoms with Crippen LogP contribution in [0.2, 0.25) is 0 Å². The maximum Gasteiger partial charge on any atom is 0.234 e. The first kappa shape index (κ1) is 13.8. The van der Waals surface area contributed by atoms with Crippen LogP contribution >= 0.6 is 0 Å². The molecule has 1 amide bonds. The number of hydrogen-bond acceptors (Lipinski definition) is 3. The van der Waals surface area contributed by atoms with Gasteiger partial charge in [0.1, 0.15) is 0 Å². The Bertz CT molecular complexity index is 333. The molecule has 18 heavy (non-hydrogen) atoms. The van der Waals surface area contributed by atoms with Crippen LogP contribution in [-0.2, 0) is 9.53 Å². The van der Waals surface area contributed by atoms with Crippen LogP contribution in [0.1, 0.15) is 41.0 Å². The molecule has 104 valence electrons. The third kappa shape index (κ3) is 2.54. The molecule has 0 spiro atoms. The number of fused-ring (bicyclic) bond motifs is 1. The fraction of sp³-hybridized carbons (Fsp3) is 0.929. The van der Waals surface area contributed by atoms with Gasteiger partial charge in [-0.3, -0.25) is 4.79 Å². The van der Waals surface area contributed by atoms with Crippen molar-refractivity contribution in [3.63, 3.8) is 0 Å². The highest BCUT2D eigenvalue weighted by Crippen LogP contribution is 2.51. The topological polar surface area (TPSA) is 50.4 Å². The van der Waals surface area contributed by atoms with E-state index in [1.54, 1.807) is 0 Å². The van der Waals surface area contributed by atoms with Gasteiger partial charge in [-0.05, 0) is 27.2 Å². The second-order valence-electron chi connectivity index (χ2n) is 7.22. The van der Waals surface area contributed by atoms with Crippen LogP contribution in [0.15, 0.2) is 0 Å². The maximum atomic E-state index is 11.8. The number of hydrogen-bond donors (Lipinski definition) is 2. The lowest BCUT2D eigenvalue weighted by molar-refractivity contribution is -0.127. The molecule has 1 heterocycles. The van der Waals surface area contributed by atoms with Crippen LogP contribution in [0, 0.1) is 11.3 Å². The molecule has 4 heteroatoms. The lowest BCUT2D eigenvalue weighted by Gasteiger charge is -2.54. The minimum absolute atomic E-state index is 0.0701. The van der Waals surface area contributed by atoms with E-state index in [9.17, 15) is 4.79 Å². The Morgan fingerprint density at radius 1 is 1.39 bits per heavy atom. The molecule has 0 aromatic rings. The molecule has 0 bridgehead atoms. The van der Waals surface area contributed by atoms with Gasteiger partial charge in [0.05, 0.1) is 12.6 Å². The number of carbonyl (C=O) groups is 1. The molecule has 0 radical (unpaired) electrons. The van der Waals surface area contributed by atoms with Gasteiger partial charge in [0.15, 0.2) is 0 Å². The van der Waals surface area contributed by atoms with Crippen molar-refractivity contribution < 1.29 is 9.53 Å². The summed E-state index contributed by atoms with van der Waals surface area (Å²) in [7, 11) is 0. The van der Waals surface area contributed by atoms with E-state index in [0.29, 0.717) is 24.6 Å². The Morgan fingerprint density at radius 3 is 2.67 bits per heavy atom. The molecule has 2 N–H and O–H groups in total. The predicted octanol–water partition coefficient (Wildman–Crippen LogP) is 1.30. The van der Waals surface area contributed by atoms with Crippen LogP contribution in [0.3, 0.4) is 0 Å². The van der Waals surface area contributed by atoms with Crippen LogP contribution < -0.4 is 10.6 Å². The van der Waals surface area contributed by atoms with Crippen molar-refractivity contribution in [3.05, 3.63) is 0 Å². The normalized spacial score (nSPS) is 33.7. The number of ether oxygens (including phenoxy) is 1. The molecule has 2 fully saturated rings. The summed E-state index contributed by atoms with van der Waals surface area (Å²) >= 11 is 0. The lowest BCUT2D eigenvalue weighted by atomic mass is 9.57. The molecule has 1 saturated carbocycles. The van der Waals surface area contributed by atoms with Crippen molar-refractivity contribution in [3.8, 4) is 0 Å².